The molecule has 0 saturated carbocycles. The Labute approximate surface area is 410 Å². The monoisotopic (exact) mass is 930 g/mol. The molecule has 13 rings (SSSR count). The molecule has 0 spiro atoms. The lowest BCUT2D eigenvalue weighted by atomic mass is 9.89. The van der Waals surface area contributed by atoms with Gasteiger partial charge >= 0.3 is 0 Å². The Balaban J connectivity index is 1.35. The van der Waals surface area contributed by atoms with Gasteiger partial charge < -0.3 is 28.9 Å². The van der Waals surface area contributed by atoms with Gasteiger partial charge in [-0.15, -0.1) is 0 Å². The van der Waals surface area contributed by atoms with Gasteiger partial charge in [0.2, 0.25) is 5.69 Å². The van der Waals surface area contributed by atoms with Gasteiger partial charge in [0, 0.05) is 37.2 Å². The summed E-state index contributed by atoms with van der Waals surface area (Å²) in [6, 6.07) is 50.7. The van der Waals surface area contributed by atoms with E-state index in [1.54, 1.807) is 0 Å². The van der Waals surface area contributed by atoms with E-state index in [1.165, 1.54) is 37.2 Å². The molecule has 10 aromatic rings. The van der Waals surface area contributed by atoms with Crippen LogP contribution in [0.15, 0.2) is 183 Å². The Hall–Kier alpha value is -11.0. The van der Waals surface area contributed by atoms with E-state index in [4.69, 9.17) is 50.7 Å². The van der Waals surface area contributed by atoms with Crippen LogP contribution in [0.1, 0.15) is 11.1 Å². The lowest BCUT2D eigenvalue weighted by molar-refractivity contribution is 0.477. The molecule has 0 fully saturated rings. The average Bonchev–Trinajstić information content (AvgIpc) is 3.44. The highest BCUT2D eigenvalue weighted by Gasteiger charge is 2.43. The molecular formula is C57H30N12O3. The molecule has 3 aliphatic rings. The molecule has 0 bridgehead atoms. The zero-order chi connectivity index (χ0) is 48.3. The normalized spacial score (nSPS) is 12.4. The predicted molar refractivity (Wildman–Crippen MR) is 269 cm³/mol. The first-order chi connectivity index (χ1) is 35.6. The molecule has 0 radical (unpaired) electrons. The SMILES string of the molecule is [C-]#[N+]c1cnc(-c2c(N3c4ccccc4Oc4ccccc43)c(-c3ncc(C#N)cn3)c(N3c4ccccc4Oc4ccccc43)c(-c3ncc(C#N)cn3)c2N2c3ccccc3Oc3ccccc32)nc1. The maximum atomic E-state index is 10.2. The first-order valence-electron chi connectivity index (χ1n) is 22.5. The quantitative estimate of drug-likeness (QED) is 0.144. The minimum atomic E-state index is 0.199. The van der Waals surface area contributed by atoms with Crippen LogP contribution in [0.5, 0.6) is 34.5 Å². The van der Waals surface area contributed by atoms with Crippen molar-refractivity contribution in [3.8, 4) is 80.8 Å². The summed E-state index contributed by atoms with van der Waals surface area (Å²) in [6.45, 7) is 7.97. The smallest absolute Gasteiger partial charge is 0.222 e. The highest BCUT2D eigenvalue weighted by Crippen LogP contribution is 2.66. The molecule has 0 unspecified atom stereocenters. The number of nitriles is 2. The van der Waals surface area contributed by atoms with Gasteiger partial charge in [0.05, 0.1) is 85.6 Å². The fourth-order valence-electron chi connectivity index (χ4n) is 9.39. The third kappa shape index (κ3) is 6.49. The summed E-state index contributed by atoms with van der Waals surface area (Å²) < 4.78 is 20.1. The Kier molecular flexibility index (Phi) is 9.56. The van der Waals surface area contributed by atoms with Crippen LogP contribution in [0.4, 0.5) is 56.9 Å². The van der Waals surface area contributed by atoms with Crippen molar-refractivity contribution in [1.29, 1.82) is 10.5 Å². The molecular weight excluding hydrogens is 901 g/mol. The molecule has 15 nitrogen and oxygen atoms in total. The number of ether oxygens (including phenoxy) is 3. The van der Waals surface area contributed by atoms with Gasteiger partial charge in [-0.25, -0.2) is 34.7 Å². The standard InChI is InChI=1S/C57H30N12O3/c1-60-36-32-65-57(66-33-36)51-53(68-39-16-4-10-22-45(39)71-46-23-11-5-17-40(46)68)49(55-61-28-34(26-58)29-62-55)52(67-37-14-2-8-20-43(37)70-44-21-9-3-15-38(44)67)50(56-63-30-35(27-59)31-64-56)54(51)69-41-18-6-12-24-47(41)72-48-25-13-7-19-42(48)69/h2-25,28-33H. The summed E-state index contributed by atoms with van der Waals surface area (Å²) >= 11 is 0. The molecule has 0 amide bonds. The molecule has 0 aliphatic carbocycles. The van der Waals surface area contributed by atoms with Gasteiger partial charge in [-0.2, -0.15) is 10.5 Å². The topological polar surface area (TPSA) is 167 Å². The number of hydrogen-bond acceptors (Lipinski definition) is 14. The summed E-state index contributed by atoms with van der Waals surface area (Å²) in [7, 11) is 0. The molecule has 6 heterocycles. The van der Waals surface area contributed by atoms with Gasteiger partial charge in [-0.3, -0.25) is 0 Å². The highest BCUT2D eigenvalue weighted by molar-refractivity contribution is 6.17. The van der Waals surface area contributed by atoms with Crippen LogP contribution in [-0.2, 0) is 0 Å². The van der Waals surface area contributed by atoms with Gasteiger partial charge in [0.1, 0.15) is 12.1 Å². The third-order valence-corrected chi connectivity index (χ3v) is 12.4. The van der Waals surface area contributed by atoms with Crippen LogP contribution >= 0.6 is 0 Å². The zero-order valence-electron chi connectivity index (χ0n) is 37.4. The fourth-order valence-corrected chi connectivity index (χ4v) is 9.39. The van der Waals surface area contributed by atoms with E-state index in [-0.39, 0.29) is 34.3 Å². The molecule has 0 N–H and O–H groups in total. The fraction of sp³-hybridized carbons (Fsp3) is 0. The van der Waals surface area contributed by atoms with Gasteiger partial charge in [-0.05, 0) is 72.8 Å². The van der Waals surface area contributed by atoms with Gasteiger partial charge in [-0.1, -0.05) is 72.8 Å². The van der Waals surface area contributed by atoms with Crippen LogP contribution in [0, 0.1) is 29.2 Å². The molecule has 7 aromatic carbocycles. The second-order valence-corrected chi connectivity index (χ2v) is 16.5. The van der Waals surface area contributed by atoms with Crippen molar-refractivity contribution in [2.75, 3.05) is 14.7 Å². The number of anilines is 9. The molecule has 0 saturated heterocycles. The number of rotatable bonds is 6. The average molecular weight is 931 g/mol. The van der Waals surface area contributed by atoms with Gasteiger partial charge in [0.25, 0.3) is 0 Å². The van der Waals surface area contributed by atoms with Crippen molar-refractivity contribution < 1.29 is 14.2 Å². The Bertz CT molecular complexity index is 3410. The number of nitrogens with zero attached hydrogens (tertiary/aromatic N) is 12. The molecule has 0 atom stereocenters. The number of fused-ring (bicyclic) bond motifs is 6. The first kappa shape index (κ1) is 41.3. The van der Waals surface area contributed by atoms with E-state index < -0.39 is 0 Å². The number of benzene rings is 7. The van der Waals surface area contributed by atoms with Crippen molar-refractivity contribution in [3.05, 3.63) is 205 Å². The van der Waals surface area contributed by atoms with Crippen LogP contribution in [0.25, 0.3) is 39.0 Å². The van der Waals surface area contributed by atoms with E-state index in [2.05, 4.69) is 31.7 Å². The largest absolute Gasteiger partial charge is 0.453 e. The summed E-state index contributed by atoms with van der Waals surface area (Å²) in [6.07, 6.45) is 8.92. The lowest BCUT2D eigenvalue weighted by Crippen LogP contribution is -2.25. The minimum absolute atomic E-state index is 0.199. The predicted octanol–water partition coefficient (Wildman–Crippen LogP) is 14.1. The van der Waals surface area contributed by atoms with E-state index in [0.717, 1.165) is 0 Å². The van der Waals surface area contributed by atoms with Crippen molar-refractivity contribution in [1.82, 2.24) is 29.9 Å². The summed E-state index contributed by atoms with van der Waals surface area (Å²) in [4.78, 5) is 40.3. The maximum Gasteiger partial charge on any atom is 0.222 e. The molecule has 15 heteroatoms. The van der Waals surface area contributed by atoms with Crippen LogP contribution < -0.4 is 28.9 Å². The van der Waals surface area contributed by atoms with Crippen molar-refractivity contribution in [3.63, 3.8) is 0 Å². The van der Waals surface area contributed by atoms with Gasteiger partial charge in [0.15, 0.2) is 52.0 Å². The first-order valence-corrected chi connectivity index (χ1v) is 22.5. The van der Waals surface area contributed by atoms with Crippen LogP contribution in [0.2, 0.25) is 0 Å². The Morgan fingerprint density at radius 2 is 0.597 bits per heavy atom. The Morgan fingerprint density at radius 1 is 0.361 bits per heavy atom. The van der Waals surface area contributed by atoms with Crippen molar-refractivity contribution >= 4 is 56.9 Å². The summed E-state index contributed by atoms with van der Waals surface area (Å²) in [5, 5.41) is 20.4. The Morgan fingerprint density at radius 3 is 0.833 bits per heavy atom. The van der Waals surface area contributed by atoms with E-state index in [1.807, 2.05) is 146 Å². The maximum absolute atomic E-state index is 10.2. The van der Waals surface area contributed by atoms with E-state index >= 15 is 0 Å². The lowest BCUT2D eigenvalue weighted by Gasteiger charge is -2.42. The zero-order valence-corrected chi connectivity index (χ0v) is 37.4. The molecule has 336 valence electrons. The molecule has 72 heavy (non-hydrogen) atoms. The van der Waals surface area contributed by atoms with E-state index in [0.29, 0.717) is 102 Å². The molecule has 3 aromatic heterocycles. The van der Waals surface area contributed by atoms with Crippen molar-refractivity contribution in [2.45, 2.75) is 0 Å². The second kappa shape index (κ2) is 16.7. The highest BCUT2D eigenvalue weighted by atomic mass is 16.5. The number of aromatic nitrogens is 6. The molecule has 3 aliphatic heterocycles. The number of para-hydroxylation sites is 12. The van der Waals surface area contributed by atoms with Crippen molar-refractivity contribution in [2.24, 2.45) is 0 Å². The second-order valence-electron chi connectivity index (χ2n) is 16.5. The summed E-state index contributed by atoms with van der Waals surface area (Å²) in [5.41, 5.74) is 7.27. The summed E-state index contributed by atoms with van der Waals surface area (Å²) in [5.74, 6) is 3.88. The third-order valence-electron chi connectivity index (χ3n) is 12.4. The van der Waals surface area contributed by atoms with E-state index in [9.17, 15) is 10.5 Å². The van der Waals surface area contributed by atoms with Crippen LogP contribution in [0.3, 0.4) is 0 Å². The number of hydrogen-bond donors (Lipinski definition) is 0. The van der Waals surface area contributed by atoms with Crippen LogP contribution in [-0.4, -0.2) is 29.9 Å². The minimum Gasteiger partial charge on any atom is -0.453 e.